The van der Waals surface area contributed by atoms with E-state index in [1.54, 1.807) is 12.1 Å². The summed E-state index contributed by atoms with van der Waals surface area (Å²) in [5.74, 6) is 0. The highest BCUT2D eigenvalue weighted by Crippen LogP contribution is 2.29. The van der Waals surface area contributed by atoms with Crippen LogP contribution < -0.4 is 5.32 Å². The summed E-state index contributed by atoms with van der Waals surface area (Å²) in [6.07, 6.45) is 1.22. The smallest absolute Gasteiger partial charge is 0.280 e. The molecule has 1 aromatic heterocycles. The van der Waals surface area contributed by atoms with Gasteiger partial charge in [-0.15, -0.1) is 0 Å². The Bertz CT molecular complexity index is 608. The van der Waals surface area contributed by atoms with Crippen LogP contribution in [0.3, 0.4) is 0 Å². The van der Waals surface area contributed by atoms with Crippen molar-refractivity contribution in [1.82, 2.24) is 15.1 Å². The number of nitrogens with zero attached hydrogens (tertiary/aromatic N) is 2. The average molecular weight is 342 g/mol. The second-order valence-electron chi connectivity index (χ2n) is 4.87. The van der Waals surface area contributed by atoms with E-state index in [4.69, 9.17) is 0 Å². The van der Waals surface area contributed by atoms with Gasteiger partial charge in [-0.05, 0) is 40.9 Å². The van der Waals surface area contributed by atoms with Crippen LogP contribution in [0, 0.1) is 0 Å². The van der Waals surface area contributed by atoms with Gasteiger partial charge in [-0.1, -0.05) is 12.1 Å². The Kier molecular flexibility index (Phi) is 3.85. The Hall–Kier alpha value is -1.27. The second-order valence-corrected chi connectivity index (χ2v) is 5.73. The highest BCUT2D eigenvalue weighted by Gasteiger charge is 2.25. The van der Waals surface area contributed by atoms with Crippen LogP contribution in [-0.4, -0.2) is 15.8 Å². The Balaban J connectivity index is 1.95. The molecule has 6 heteroatoms. The van der Waals surface area contributed by atoms with Crippen molar-refractivity contribution in [3.8, 4) is 5.69 Å². The molecular formula is C14H14BrF2N3. The molecule has 1 aliphatic carbocycles. The molecule has 1 aromatic carbocycles. The first kappa shape index (κ1) is 13.7. The first-order valence-electron chi connectivity index (χ1n) is 6.50. The third-order valence-electron chi connectivity index (χ3n) is 3.33. The molecular weight excluding hydrogens is 328 g/mol. The van der Waals surface area contributed by atoms with Crippen LogP contribution in [0.25, 0.3) is 5.69 Å². The van der Waals surface area contributed by atoms with E-state index in [0.717, 1.165) is 17.3 Å². The van der Waals surface area contributed by atoms with Crippen LogP contribution in [0.15, 0.2) is 34.9 Å². The minimum atomic E-state index is -2.55. The lowest BCUT2D eigenvalue weighted by molar-refractivity contribution is 0.141. The lowest BCUT2D eigenvalue weighted by Gasteiger charge is -2.10. The van der Waals surface area contributed by atoms with Crippen molar-refractivity contribution in [2.24, 2.45) is 0 Å². The van der Waals surface area contributed by atoms with Gasteiger partial charge < -0.3 is 5.32 Å². The first-order valence-corrected chi connectivity index (χ1v) is 7.29. The molecule has 0 bridgehead atoms. The molecule has 1 N–H and O–H groups in total. The number of rotatable bonds is 5. The van der Waals surface area contributed by atoms with Crippen molar-refractivity contribution >= 4 is 15.9 Å². The third-order valence-corrected chi connectivity index (χ3v) is 4.00. The van der Waals surface area contributed by atoms with Crippen molar-refractivity contribution in [3.05, 3.63) is 46.2 Å². The molecule has 106 valence electrons. The van der Waals surface area contributed by atoms with E-state index in [2.05, 4.69) is 26.3 Å². The number of halogens is 3. The van der Waals surface area contributed by atoms with Crippen molar-refractivity contribution < 1.29 is 8.78 Å². The van der Waals surface area contributed by atoms with Gasteiger partial charge in [0.05, 0.1) is 11.9 Å². The Morgan fingerprint density at radius 2 is 2.10 bits per heavy atom. The van der Waals surface area contributed by atoms with E-state index in [1.165, 1.54) is 10.9 Å². The van der Waals surface area contributed by atoms with Crippen LogP contribution in [0.5, 0.6) is 0 Å². The molecule has 0 radical (unpaired) electrons. The minimum absolute atomic E-state index is 0.0370. The van der Waals surface area contributed by atoms with Gasteiger partial charge in [0, 0.05) is 22.6 Å². The molecule has 0 aliphatic heterocycles. The minimum Gasteiger partial charge on any atom is -0.310 e. The quantitative estimate of drug-likeness (QED) is 0.895. The fraction of sp³-hybridized carbons (Fsp3) is 0.357. The molecule has 1 fully saturated rings. The van der Waals surface area contributed by atoms with Crippen LogP contribution in [0.4, 0.5) is 8.78 Å². The van der Waals surface area contributed by atoms with Crippen LogP contribution in [-0.2, 0) is 6.54 Å². The monoisotopic (exact) mass is 341 g/mol. The van der Waals surface area contributed by atoms with Gasteiger partial charge in [-0.25, -0.2) is 13.5 Å². The summed E-state index contributed by atoms with van der Waals surface area (Å²) < 4.78 is 28.8. The SMILES string of the molecule is FC(F)c1c(CNC2CC2)cnn1-c1ccccc1Br. The average Bonchev–Trinajstić information content (AvgIpc) is 3.15. The molecule has 1 saturated carbocycles. The summed E-state index contributed by atoms with van der Waals surface area (Å²) in [6.45, 7) is 0.439. The lowest BCUT2D eigenvalue weighted by Crippen LogP contribution is -2.16. The normalized spacial score (nSPS) is 15.0. The van der Waals surface area contributed by atoms with E-state index < -0.39 is 6.43 Å². The summed E-state index contributed by atoms with van der Waals surface area (Å²) in [7, 11) is 0. The number of para-hydroxylation sites is 1. The highest BCUT2D eigenvalue weighted by molar-refractivity contribution is 9.10. The largest absolute Gasteiger partial charge is 0.310 e. The molecule has 0 unspecified atom stereocenters. The zero-order valence-corrected chi connectivity index (χ0v) is 12.3. The third kappa shape index (κ3) is 2.76. The highest BCUT2D eigenvalue weighted by atomic mass is 79.9. The van der Waals surface area contributed by atoms with E-state index in [-0.39, 0.29) is 5.69 Å². The number of hydrogen-bond acceptors (Lipinski definition) is 2. The van der Waals surface area contributed by atoms with Gasteiger partial charge in [-0.3, -0.25) is 0 Å². The fourth-order valence-corrected chi connectivity index (χ4v) is 2.57. The molecule has 0 atom stereocenters. The number of benzene rings is 1. The molecule has 1 aliphatic rings. The fourth-order valence-electron chi connectivity index (χ4n) is 2.12. The van der Waals surface area contributed by atoms with Gasteiger partial charge in [0.15, 0.2) is 0 Å². The van der Waals surface area contributed by atoms with E-state index in [0.29, 0.717) is 23.8 Å². The Morgan fingerprint density at radius 1 is 1.35 bits per heavy atom. The van der Waals surface area contributed by atoms with E-state index in [9.17, 15) is 8.78 Å². The van der Waals surface area contributed by atoms with Gasteiger partial charge in [0.25, 0.3) is 6.43 Å². The predicted octanol–water partition coefficient (Wildman–Crippen LogP) is 3.82. The maximum atomic E-state index is 13.4. The molecule has 0 spiro atoms. The standard InChI is InChI=1S/C14H14BrF2N3/c15-11-3-1-2-4-12(11)20-13(14(16)17)9(8-19-20)7-18-10-5-6-10/h1-4,8,10,14,18H,5-7H2. The molecule has 20 heavy (non-hydrogen) atoms. The maximum Gasteiger partial charge on any atom is 0.280 e. The molecule has 0 saturated heterocycles. The zero-order valence-electron chi connectivity index (χ0n) is 10.7. The number of aromatic nitrogens is 2. The molecule has 2 aromatic rings. The summed E-state index contributed by atoms with van der Waals surface area (Å²) in [6, 6.07) is 7.70. The predicted molar refractivity (Wildman–Crippen MR) is 76.1 cm³/mol. The van der Waals surface area contributed by atoms with E-state index >= 15 is 0 Å². The molecule has 0 amide bonds. The first-order chi connectivity index (χ1) is 9.66. The van der Waals surface area contributed by atoms with Gasteiger partial charge >= 0.3 is 0 Å². The van der Waals surface area contributed by atoms with Crippen molar-refractivity contribution in [3.63, 3.8) is 0 Å². The van der Waals surface area contributed by atoms with Crippen molar-refractivity contribution in [2.75, 3.05) is 0 Å². The van der Waals surface area contributed by atoms with Gasteiger partial charge in [-0.2, -0.15) is 5.10 Å². The number of alkyl halides is 2. The molecule has 1 heterocycles. The topological polar surface area (TPSA) is 29.9 Å². The Labute approximate surface area is 124 Å². The summed E-state index contributed by atoms with van der Waals surface area (Å²) in [5, 5.41) is 7.38. The van der Waals surface area contributed by atoms with Crippen LogP contribution >= 0.6 is 15.9 Å². The van der Waals surface area contributed by atoms with Crippen molar-refractivity contribution in [1.29, 1.82) is 0 Å². The second kappa shape index (κ2) is 5.61. The summed E-state index contributed by atoms with van der Waals surface area (Å²) in [5.41, 5.74) is 1.15. The summed E-state index contributed by atoms with van der Waals surface area (Å²) in [4.78, 5) is 0. The van der Waals surface area contributed by atoms with Gasteiger partial charge in [0.2, 0.25) is 0 Å². The van der Waals surface area contributed by atoms with Gasteiger partial charge in [0.1, 0.15) is 5.69 Å². The lowest BCUT2D eigenvalue weighted by atomic mass is 10.2. The number of hydrogen-bond donors (Lipinski definition) is 1. The molecule has 3 rings (SSSR count). The molecule has 3 nitrogen and oxygen atoms in total. The zero-order chi connectivity index (χ0) is 14.1. The summed E-state index contributed by atoms with van der Waals surface area (Å²) >= 11 is 3.38. The van der Waals surface area contributed by atoms with Crippen molar-refractivity contribution in [2.45, 2.75) is 31.9 Å². The maximum absolute atomic E-state index is 13.4. The number of nitrogens with one attached hydrogen (secondary N) is 1. The Morgan fingerprint density at radius 3 is 2.75 bits per heavy atom. The van der Waals surface area contributed by atoms with E-state index in [1.807, 2.05) is 12.1 Å². The van der Waals surface area contributed by atoms with Crippen LogP contribution in [0.1, 0.15) is 30.5 Å². The van der Waals surface area contributed by atoms with Crippen LogP contribution in [0.2, 0.25) is 0 Å².